The van der Waals surface area contributed by atoms with Crippen molar-refractivity contribution in [3.63, 3.8) is 0 Å². The molecule has 1 aromatic heterocycles. The summed E-state index contributed by atoms with van der Waals surface area (Å²) in [6, 6.07) is 7.59. The molecule has 2 aromatic rings. The van der Waals surface area contributed by atoms with Crippen LogP contribution in [0.4, 0.5) is 5.82 Å². The lowest BCUT2D eigenvalue weighted by molar-refractivity contribution is -0.122. The monoisotopic (exact) mass is 460 g/mol. The topological polar surface area (TPSA) is 96.8 Å². The highest BCUT2D eigenvalue weighted by molar-refractivity contribution is 6.34. The Kier molecular flexibility index (Phi) is 8.30. The second kappa shape index (κ2) is 11.2. The molecule has 0 radical (unpaired) electrons. The molecule has 2 heterocycles. The van der Waals surface area contributed by atoms with Crippen molar-refractivity contribution in [1.82, 2.24) is 15.3 Å². The third kappa shape index (κ3) is 6.11. The predicted octanol–water partition coefficient (Wildman–Crippen LogP) is 2.95. The van der Waals surface area contributed by atoms with E-state index in [-0.39, 0.29) is 30.4 Å². The molecule has 0 saturated carbocycles. The van der Waals surface area contributed by atoms with E-state index in [1.165, 1.54) is 6.33 Å². The Morgan fingerprint density at radius 3 is 2.81 bits per heavy atom. The Hall–Kier alpha value is -2.84. The highest BCUT2D eigenvalue weighted by Crippen LogP contribution is 2.33. The summed E-state index contributed by atoms with van der Waals surface area (Å²) in [6.07, 6.45) is 3.22. The second-order valence-electron chi connectivity index (χ2n) is 7.78. The van der Waals surface area contributed by atoms with Crippen molar-refractivity contribution in [3.05, 3.63) is 53.8 Å². The van der Waals surface area contributed by atoms with Gasteiger partial charge in [0.1, 0.15) is 29.8 Å². The summed E-state index contributed by atoms with van der Waals surface area (Å²) in [6.45, 7) is 9.01. The molecule has 9 heteroatoms. The normalized spacial score (nSPS) is 17.5. The lowest BCUT2D eigenvalue weighted by atomic mass is 10.0. The number of amides is 1. The number of aromatic nitrogens is 2. The van der Waals surface area contributed by atoms with Gasteiger partial charge in [0.2, 0.25) is 11.8 Å². The molecule has 1 aromatic carbocycles. The molecule has 3 rings (SSSR count). The van der Waals surface area contributed by atoms with Crippen molar-refractivity contribution in [2.24, 2.45) is 0 Å². The summed E-state index contributed by atoms with van der Waals surface area (Å²) >= 11 is 6.43. The van der Waals surface area contributed by atoms with Crippen LogP contribution >= 0.6 is 11.6 Å². The zero-order valence-electron chi connectivity index (χ0n) is 18.3. The molecule has 1 amide bonds. The number of hydrogen-bond acceptors (Lipinski definition) is 7. The van der Waals surface area contributed by atoms with E-state index < -0.39 is 6.10 Å². The zero-order chi connectivity index (χ0) is 23.1. The van der Waals surface area contributed by atoms with Crippen LogP contribution < -0.4 is 19.7 Å². The molecule has 3 atom stereocenters. The highest BCUT2D eigenvalue weighted by Gasteiger charge is 2.28. The molecule has 2 N–H and O–H groups in total. The van der Waals surface area contributed by atoms with Crippen LogP contribution in [0.25, 0.3) is 0 Å². The molecule has 8 nitrogen and oxygen atoms in total. The van der Waals surface area contributed by atoms with Crippen molar-refractivity contribution in [2.45, 2.75) is 38.4 Å². The number of ether oxygens (including phenoxy) is 2. The minimum Gasteiger partial charge on any atom is -0.489 e. The van der Waals surface area contributed by atoms with Gasteiger partial charge in [-0.2, -0.15) is 0 Å². The van der Waals surface area contributed by atoms with Gasteiger partial charge in [-0.1, -0.05) is 29.8 Å². The van der Waals surface area contributed by atoms with E-state index in [2.05, 4.69) is 21.9 Å². The van der Waals surface area contributed by atoms with Gasteiger partial charge in [0.25, 0.3) is 0 Å². The Morgan fingerprint density at radius 2 is 2.12 bits per heavy atom. The predicted molar refractivity (Wildman–Crippen MR) is 124 cm³/mol. The Balaban J connectivity index is 1.58. The first-order valence-corrected chi connectivity index (χ1v) is 11.0. The van der Waals surface area contributed by atoms with Crippen LogP contribution in [-0.4, -0.2) is 59.4 Å². The van der Waals surface area contributed by atoms with Gasteiger partial charge in [0.15, 0.2) is 5.82 Å². The molecule has 172 valence electrons. The van der Waals surface area contributed by atoms with Gasteiger partial charge < -0.3 is 24.8 Å². The Labute approximate surface area is 193 Å². The summed E-state index contributed by atoms with van der Waals surface area (Å²) in [7, 11) is 0. The fourth-order valence-corrected chi connectivity index (χ4v) is 3.66. The van der Waals surface area contributed by atoms with E-state index in [0.717, 1.165) is 24.3 Å². The smallest absolute Gasteiger partial charge is 0.238 e. The number of aliphatic hydroxyl groups is 1. The number of aliphatic hydroxyl groups excluding tert-OH is 1. The van der Waals surface area contributed by atoms with Crippen LogP contribution in [0.3, 0.4) is 0 Å². The van der Waals surface area contributed by atoms with E-state index in [1.54, 1.807) is 13.0 Å². The molecular weight excluding hydrogens is 432 g/mol. The molecule has 1 fully saturated rings. The first-order chi connectivity index (χ1) is 15.4. The SMILES string of the molecule is C=CCNC(=O)C(C)c1ccc(OC2CCN(c3ncnc(OCC(C)O)c3Cl)C2)cc1. The molecule has 0 bridgehead atoms. The van der Waals surface area contributed by atoms with Gasteiger partial charge in [-0.25, -0.2) is 9.97 Å². The van der Waals surface area contributed by atoms with Crippen LogP contribution in [0.1, 0.15) is 31.7 Å². The third-order valence-corrected chi connectivity index (χ3v) is 5.47. The lowest BCUT2D eigenvalue weighted by Crippen LogP contribution is -2.28. The first-order valence-electron chi connectivity index (χ1n) is 10.6. The summed E-state index contributed by atoms with van der Waals surface area (Å²) < 4.78 is 11.6. The minimum absolute atomic E-state index is 0.0259. The molecule has 3 unspecified atom stereocenters. The molecule has 32 heavy (non-hydrogen) atoms. The highest BCUT2D eigenvalue weighted by atomic mass is 35.5. The van der Waals surface area contributed by atoms with Crippen LogP contribution in [0.15, 0.2) is 43.2 Å². The van der Waals surface area contributed by atoms with Crippen molar-refractivity contribution >= 4 is 23.3 Å². The molecule has 0 spiro atoms. The number of rotatable bonds is 10. The van der Waals surface area contributed by atoms with Crippen molar-refractivity contribution < 1.29 is 19.4 Å². The van der Waals surface area contributed by atoms with Gasteiger partial charge in [-0.05, 0) is 31.5 Å². The van der Waals surface area contributed by atoms with Crippen molar-refractivity contribution in [3.8, 4) is 11.6 Å². The van der Waals surface area contributed by atoms with E-state index in [0.29, 0.717) is 23.9 Å². The quantitative estimate of drug-likeness (QED) is 0.526. The zero-order valence-corrected chi connectivity index (χ0v) is 19.1. The van der Waals surface area contributed by atoms with Crippen LogP contribution in [0.5, 0.6) is 11.6 Å². The number of benzene rings is 1. The summed E-state index contributed by atoms with van der Waals surface area (Å²) in [4.78, 5) is 22.5. The number of nitrogens with zero attached hydrogens (tertiary/aromatic N) is 3. The standard InChI is InChI=1S/C23H29ClN4O4/c1-4-10-25-22(30)16(3)17-5-7-18(8-6-17)32-19-9-11-28(12-19)21-20(24)23(27-14-26-21)31-13-15(2)29/h4-8,14-16,19,29H,1,9-13H2,2-3H3,(H,25,30). The van der Waals surface area contributed by atoms with Gasteiger partial charge >= 0.3 is 0 Å². The van der Waals surface area contributed by atoms with Crippen LogP contribution in [-0.2, 0) is 4.79 Å². The fourth-order valence-electron chi connectivity index (χ4n) is 3.39. The van der Waals surface area contributed by atoms with Gasteiger partial charge in [-0.3, -0.25) is 4.79 Å². The average Bonchev–Trinajstić information content (AvgIpc) is 3.24. The van der Waals surface area contributed by atoms with Crippen LogP contribution in [0.2, 0.25) is 5.02 Å². The average molecular weight is 461 g/mol. The molecule has 1 aliphatic rings. The summed E-state index contributed by atoms with van der Waals surface area (Å²) in [5.74, 6) is 1.29. The van der Waals surface area contributed by atoms with E-state index in [9.17, 15) is 9.90 Å². The Bertz CT molecular complexity index is 923. The first kappa shape index (κ1) is 23.8. The summed E-state index contributed by atoms with van der Waals surface area (Å²) in [5.41, 5.74) is 0.921. The maximum atomic E-state index is 12.1. The van der Waals surface area contributed by atoms with Crippen molar-refractivity contribution in [1.29, 1.82) is 0 Å². The largest absolute Gasteiger partial charge is 0.489 e. The minimum atomic E-state index is -0.620. The molecule has 1 aliphatic heterocycles. The number of nitrogens with one attached hydrogen (secondary N) is 1. The summed E-state index contributed by atoms with van der Waals surface area (Å²) in [5, 5.41) is 12.5. The number of halogens is 1. The maximum Gasteiger partial charge on any atom is 0.238 e. The molecular formula is C23H29ClN4O4. The van der Waals surface area contributed by atoms with Gasteiger partial charge in [-0.15, -0.1) is 6.58 Å². The van der Waals surface area contributed by atoms with Crippen molar-refractivity contribution in [2.75, 3.05) is 31.1 Å². The maximum absolute atomic E-state index is 12.1. The fraction of sp³-hybridized carbons (Fsp3) is 0.435. The van der Waals surface area contributed by atoms with Gasteiger partial charge in [0, 0.05) is 19.5 Å². The molecule has 0 aliphatic carbocycles. The Morgan fingerprint density at radius 1 is 1.38 bits per heavy atom. The van der Waals surface area contributed by atoms with E-state index in [1.807, 2.05) is 36.1 Å². The number of anilines is 1. The third-order valence-electron chi connectivity index (χ3n) is 5.14. The van der Waals surface area contributed by atoms with E-state index >= 15 is 0 Å². The second-order valence-corrected chi connectivity index (χ2v) is 8.15. The van der Waals surface area contributed by atoms with Crippen LogP contribution in [0, 0.1) is 0 Å². The van der Waals surface area contributed by atoms with E-state index in [4.69, 9.17) is 21.1 Å². The number of carbonyl (C=O) groups is 1. The number of carbonyl (C=O) groups excluding carboxylic acids is 1. The molecule has 1 saturated heterocycles. The number of hydrogen-bond donors (Lipinski definition) is 2. The lowest BCUT2D eigenvalue weighted by Gasteiger charge is -2.20. The van der Waals surface area contributed by atoms with Gasteiger partial charge in [0.05, 0.1) is 18.6 Å².